The Morgan fingerprint density at radius 3 is 2.42 bits per heavy atom. The normalized spacial score (nSPS) is 11.7. The van der Waals surface area contributed by atoms with Crippen molar-refractivity contribution in [3.8, 4) is 23.0 Å². The molecule has 0 bridgehead atoms. The van der Waals surface area contributed by atoms with Gasteiger partial charge in [0, 0.05) is 6.07 Å². The van der Waals surface area contributed by atoms with Gasteiger partial charge in [0.25, 0.3) is 0 Å². The third-order valence-corrected chi connectivity index (χ3v) is 5.30. The van der Waals surface area contributed by atoms with Gasteiger partial charge in [0.1, 0.15) is 17.1 Å². The van der Waals surface area contributed by atoms with E-state index < -0.39 is 11.3 Å². The zero-order chi connectivity index (χ0) is 23.4. The number of carbonyl (C=O) groups is 1. The Balaban J connectivity index is 1.61. The molecule has 0 amide bonds. The molecule has 168 valence electrons. The van der Waals surface area contributed by atoms with Crippen LogP contribution in [0.25, 0.3) is 11.0 Å². The molecule has 6 nitrogen and oxygen atoms in total. The summed E-state index contributed by atoms with van der Waals surface area (Å²) in [5, 5.41) is -0.674. The number of halogens is 1. The van der Waals surface area contributed by atoms with Gasteiger partial charge in [-0.05, 0) is 43.7 Å². The van der Waals surface area contributed by atoms with Gasteiger partial charge in [-0.1, -0.05) is 42.5 Å². The highest BCUT2D eigenvalue weighted by molar-refractivity contribution is 6.30. The van der Waals surface area contributed by atoms with Crippen molar-refractivity contribution in [3.05, 3.63) is 94.3 Å². The van der Waals surface area contributed by atoms with Crippen LogP contribution in [-0.4, -0.2) is 12.6 Å². The van der Waals surface area contributed by atoms with E-state index in [1.165, 1.54) is 18.2 Å². The molecule has 0 N–H and O–H groups in total. The zero-order valence-electron chi connectivity index (χ0n) is 18.0. The first-order valence-electron chi connectivity index (χ1n) is 10.4. The summed E-state index contributed by atoms with van der Waals surface area (Å²) in [6.07, 6.45) is 0. The minimum absolute atomic E-state index is 0.0595. The van der Waals surface area contributed by atoms with E-state index in [2.05, 4.69) is 0 Å². The van der Waals surface area contributed by atoms with Crippen molar-refractivity contribution < 1.29 is 23.4 Å². The lowest BCUT2D eigenvalue weighted by Crippen LogP contribution is -2.14. The Morgan fingerprint density at radius 1 is 1.00 bits per heavy atom. The number of hydrogen-bond acceptors (Lipinski definition) is 6. The van der Waals surface area contributed by atoms with Gasteiger partial charge in [-0.25, -0.2) is 4.79 Å². The number of esters is 1. The fourth-order valence-electron chi connectivity index (χ4n) is 3.30. The van der Waals surface area contributed by atoms with Crippen molar-refractivity contribution in [1.82, 2.24) is 0 Å². The Labute approximate surface area is 195 Å². The van der Waals surface area contributed by atoms with Crippen LogP contribution >= 0.6 is 11.6 Å². The summed E-state index contributed by atoms with van der Waals surface area (Å²) in [6, 6.07) is 20.5. The highest BCUT2D eigenvalue weighted by atomic mass is 35.5. The van der Waals surface area contributed by atoms with Gasteiger partial charge in [-0.15, -0.1) is 11.6 Å². The largest absolute Gasteiger partial charge is 0.490 e. The number of hydrogen-bond donors (Lipinski definition) is 0. The summed E-state index contributed by atoms with van der Waals surface area (Å²) in [7, 11) is 0. The molecule has 0 aliphatic heterocycles. The van der Waals surface area contributed by atoms with Crippen LogP contribution in [0.1, 0.15) is 23.6 Å². The van der Waals surface area contributed by atoms with E-state index in [4.69, 9.17) is 30.2 Å². The smallest absolute Gasteiger partial charge is 0.334 e. The van der Waals surface area contributed by atoms with E-state index in [0.717, 1.165) is 0 Å². The van der Waals surface area contributed by atoms with E-state index >= 15 is 0 Å². The monoisotopic (exact) mass is 464 g/mol. The molecule has 4 aromatic rings. The molecule has 3 aromatic carbocycles. The van der Waals surface area contributed by atoms with Gasteiger partial charge in [0.15, 0.2) is 16.9 Å². The Bertz CT molecular complexity index is 1350. The molecule has 1 heterocycles. The Hall–Kier alpha value is -3.77. The van der Waals surface area contributed by atoms with E-state index in [1.54, 1.807) is 49.4 Å². The minimum Gasteiger partial charge on any atom is -0.490 e. The van der Waals surface area contributed by atoms with Crippen LogP contribution in [0.15, 0.2) is 82.0 Å². The van der Waals surface area contributed by atoms with Crippen molar-refractivity contribution in [2.75, 3.05) is 6.61 Å². The summed E-state index contributed by atoms with van der Waals surface area (Å²) in [5.41, 5.74) is 0.540. The molecule has 0 aliphatic rings. The minimum atomic E-state index is -0.961. The van der Waals surface area contributed by atoms with Crippen molar-refractivity contribution in [2.45, 2.75) is 19.2 Å². The number of benzene rings is 3. The SMILES string of the molecule is CCOc1ccccc1Oc1c(C)oc2cc(OC(=O)C(Cl)c3ccccc3)ccc2c1=O. The van der Waals surface area contributed by atoms with Crippen LogP contribution in [0, 0.1) is 6.92 Å². The molecule has 0 aliphatic carbocycles. The molecule has 1 unspecified atom stereocenters. The zero-order valence-corrected chi connectivity index (χ0v) is 18.8. The van der Waals surface area contributed by atoms with E-state index in [1.807, 2.05) is 19.1 Å². The molecule has 1 aromatic heterocycles. The number of aryl methyl sites for hydroxylation is 1. The number of ether oxygens (including phenoxy) is 3. The average molecular weight is 465 g/mol. The number of para-hydroxylation sites is 2. The first-order chi connectivity index (χ1) is 16.0. The molecular formula is C26H21ClO6. The second kappa shape index (κ2) is 9.79. The molecule has 1 atom stereocenters. The molecular weight excluding hydrogens is 444 g/mol. The van der Waals surface area contributed by atoms with Gasteiger partial charge in [-0.2, -0.15) is 0 Å². The van der Waals surface area contributed by atoms with Crippen molar-refractivity contribution in [3.63, 3.8) is 0 Å². The third kappa shape index (κ3) is 4.86. The maximum Gasteiger partial charge on any atom is 0.334 e. The van der Waals surface area contributed by atoms with Crippen LogP contribution < -0.4 is 19.6 Å². The first kappa shape index (κ1) is 22.4. The van der Waals surface area contributed by atoms with Crippen molar-refractivity contribution in [1.29, 1.82) is 0 Å². The fourth-order valence-corrected chi connectivity index (χ4v) is 3.49. The number of alkyl halides is 1. The summed E-state index contributed by atoms with van der Waals surface area (Å²) < 4.78 is 22.7. The van der Waals surface area contributed by atoms with Crippen LogP contribution in [0.3, 0.4) is 0 Å². The van der Waals surface area contributed by atoms with Gasteiger partial charge in [0.2, 0.25) is 11.2 Å². The molecule has 0 radical (unpaired) electrons. The van der Waals surface area contributed by atoms with Crippen molar-refractivity contribution >= 4 is 28.5 Å². The van der Waals surface area contributed by atoms with Gasteiger partial charge in [0.05, 0.1) is 12.0 Å². The van der Waals surface area contributed by atoms with Crippen LogP contribution in [0.2, 0.25) is 0 Å². The standard InChI is InChI=1S/C26H21ClO6/c1-3-30-20-11-7-8-12-21(20)33-25-16(2)31-22-15-18(13-14-19(22)24(25)28)32-26(29)23(27)17-9-5-4-6-10-17/h4-15,23H,3H2,1-2H3. The molecule has 0 saturated heterocycles. The summed E-state index contributed by atoms with van der Waals surface area (Å²) >= 11 is 6.23. The highest BCUT2D eigenvalue weighted by Crippen LogP contribution is 2.33. The summed E-state index contributed by atoms with van der Waals surface area (Å²) in [5.74, 6) is 0.857. The number of rotatable bonds is 7. The average Bonchev–Trinajstić information content (AvgIpc) is 2.83. The lowest BCUT2D eigenvalue weighted by molar-refractivity contribution is -0.134. The van der Waals surface area contributed by atoms with Crippen LogP contribution in [0.4, 0.5) is 0 Å². The first-order valence-corrected chi connectivity index (χ1v) is 10.8. The van der Waals surface area contributed by atoms with Crippen molar-refractivity contribution in [2.24, 2.45) is 0 Å². The molecule has 33 heavy (non-hydrogen) atoms. The second-order valence-electron chi connectivity index (χ2n) is 7.15. The lowest BCUT2D eigenvalue weighted by atomic mass is 10.1. The van der Waals surface area contributed by atoms with Gasteiger partial charge < -0.3 is 18.6 Å². The second-order valence-corrected chi connectivity index (χ2v) is 7.59. The highest BCUT2D eigenvalue weighted by Gasteiger charge is 2.21. The van der Waals surface area contributed by atoms with E-state index in [9.17, 15) is 9.59 Å². The Morgan fingerprint density at radius 2 is 1.70 bits per heavy atom. The van der Waals surface area contributed by atoms with Crippen LogP contribution in [-0.2, 0) is 4.79 Å². The van der Waals surface area contributed by atoms with Gasteiger partial charge >= 0.3 is 5.97 Å². The number of fused-ring (bicyclic) bond motifs is 1. The molecule has 0 spiro atoms. The number of carbonyl (C=O) groups excluding carboxylic acids is 1. The lowest BCUT2D eigenvalue weighted by Gasteiger charge is -2.13. The van der Waals surface area contributed by atoms with E-state index in [-0.39, 0.29) is 33.7 Å². The summed E-state index contributed by atoms with van der Waals surface area (Å²) in [4.78, 5) is 25.5. The van der Waals surface area contributed by atoms with Crippen LogP contribution in [0.5, 0.6) is 23.0 Å². The van der Waals surface area contributed by atoms with E-state index in [0.29, 0.717) is 23.7 Å². The Kier molecular flexibility index (Phi) is 6.66. The molecule has 0 fully saturated rings. The topological polar surface area (TPSA) is 75.0 Å². The molecule has 7 heteroatoms. The summed E-state index contributed by atoms with van der Waals surface area (Å²) in [6.45, 7) is 3.95. The predicted octanol–water partition coefficient (Wildman–Crippen LogP) is 6.18. The predicted molar refractivity (Wildman–Crippen MR) is 126 cm³/mol. The fraction of sp³-hybridized carbons (Fsp3) is 0.154. The quantitative estimate of drug-likeness (QED) is 0.185. The maximum absolute atomic E-state index is 13.1. The maximum atomic E-state index is 13.1. The van der Waals surface area contributed by atoms with Gasteiger partial charge in [-0.3, -0.25) is 4.79 Å². The molecule has 4 rings (SSSR count). The third-order valence-electron chi connectivity index (χ3n) is 4.87. The molecule has 0 saturated carbocycles.